The topological polar surface area (TPSA) is 20.3 Å². The summed E-state index contributed by atoms with van der Waals surface area (Å²) >= 11 is 0. The molecule has 0 atom stereocenters. The van der Waals surface area contributed by atoms with Gasteiger partial charge in [0, 0.05) is 19.5 Å². The Hall–Kier alpha value is -0.530. The molecular formula is C13H25NO. The van der Waals surface area contributed by atoms with Gasteiger partial charge >= 0.3 is 0 Å². The fourth-order valence-electron chi connectivity index (χ4n) is 2.54. The van der Waals surface area contributed by atoms with Crippen LogP contribution in [-0.2, 0) is 4.79 Å². The van der Waals surface area contributed by atoms with Gasteiger partial charge in [0.05, 0.1) is 0 Å². The lowest BCUT2D eigenvalue weighted by Gasteiger charge is -2.23. The number of nitrogens with zero attached hydrogens (tertiary/aromatic N) is 1. The van der Waals surface area contributed by atoms with Crippen molar-refractivity contribution in [3.05, 3.63) is 0 Å². The summed E-state index contributed by atoms with van der Waals surface area (Å²) in [7, 11) is 0. The third-order valence-electron chi connectivity index (χ3n) is 3.61. The van der Waals surface area contributed by atoms with E-state index in [1.165, 1.54) is 32.1 Å². The standard InChI is InChI=1S/C13H25NO/c1-3-14(4-2)13(15)11-10-12-8-6-5-7-9-12/h12H,3-11H2,1-2H3. The predicted octanol–water partition coefficient (Wildman–Crippen LogP) is 3.22. The first-order valence-corrected chi connectivity index (χ1v) is 6.55. The Labute approximate surface area is 94.0 Å². The molecule has 88 valence electrons. The average Bonchev–Trinajstić information content (AvgIpc) is 2.29. The molecule has 0 aromatic heterocycles. The second-order valence-corrected chi connectivity index (χ2v) is 4.61. The molecule has 0 saturated heterocycles. The van der Waals surface area contributed by atoms with Crippen molar-refractivity contribution in [2.75, 3.05) is 13.1 Å². The molecule has 0 N–H and O–H groups in total. The van der Waals surface area contributed by atoms with Crippen LogP contribution in [-0.4, -0.2) is 23.9 Å². The predicted molar refractivity (Wildman–Crippen MR) is 63.7 cm³/mol. The molecule has 0 aromatic rings. The summed E-state index contributed by atoms with van der Waals surface area (Å²) in [5, 5.41) is 0. The van der Waals surface area contributed by atoms with Crippen LogP contribution < -0.4 is 0 Å². The monoisotopic (exact) mass is 211 g/mol. The van der Waals surface area contributed by atoms with Crippen LogP contribution in [0.15, 0.2) is 0 Å². The molecular weight excluding hydrogens is 186 g/mol. The Bertz CT molecular complexity index is 181. The van der Waals surface area contributed by atoms with Gasteiger partial charge < -0.3 is 4.90 Å². The smallest absolute Gasteiger partial charge is 0.222 e. The van der Waals surface area contributed by atoms with Crippen LogP contribution in [0.4, 0.5) is 0 Å². The SMILES string of the molecule is CCN(CC)C(=O)CCC1CCCCC1. The quantitative estimate of drug-likeness (QED) is 0.683. The molecule has 1 aliphatic rings. The number of carbonyl (C=O) groups excluding carboxylic acids is 1. The minimum absolute atomic E-state index is 0.352. The third kappa shape index (κ3) is 4.23. The van der Waals surface area contributed by atoms with Crippen molar-refractivity contribution in [2.45, 2.75) is 58.8 Å². The first kappa shape index (κ1) is 12.5. The average molecular weight is 211 g/mol. The van der Waals surface area contributed by atoms with Crippen LogP contribution in [0.3, 0.4) is 0 Å². The Balaban J connectivity index is 2.20. The molecule has 1 amide bonds. The molecule has 1 aliphatic carbocycles. The van der Waals surface area contributed by atoms with Crippen molar-refractivity contribution in [3.63, 3.8) is 0 Å². The third-order valence-corrected chi connectivity index (χ3v) is 3.61. The number of hydrogen-bond donors (Lipinski definition) is 0. The lowest BCUT2D eigenvalue weighted by atomic mass is 9.86. The van der Waals surface area contributed by atoms with Crippen molar-refractivity contribution in [2.24, 2.45) is 5.92 Å². The van der Waals surface area contributed by atoms with Gasteiger partial charge in [0.2, 0.25) is 5.91 Å². The number of hydrogen-bond acceptors (Lipinski definition) is 1. The highest BCUT2D eigenvalue weighted by Gasteiger charge is 2.16. The van der Waals surface area contributed by atoms with Gasteiger partial charge in [-0.2, -0.15) is 0 Å². The lowest BCUT2D eigenvalue weighted by molar-refractivity contribution is -0.131. The molecule has 0 spiro atoms. The zero-order valence-corrected chi connectivity index (χ0v) is 10.3. The first-order valence-electron chi connectivity index (χ1n) is 6.55. The minimum Gasteiger partial charge on any atom is -0.343 e. The highest BCUT2D eigenvalue weighted by molar-refractivity contribution is 5.76. The van der Waals surface area contributed by atoms with Crippen LogP contribution >= 0.6 is 0 Å². The van der Waals surface area contributed by atoms with Gasteiger partial charge in [0.1, 0.15) is 0 Å². The Morgan fingerprint density at radius 2 is 1.73 bits per heavy atom. The summed E-state index contributed by atoms with van der Waals surface area (Å²) in [6.45, 7) is 5.84. The molecule has 0 aromatic carbocycles. The fourth-order valence-corrected chi connectivity index (χ4v) is 2.54. The van der Waals surface area contributed by atoms with E-state index in [9.17, 15) is 4.79 Å². The molecule has 15 heavy (non-hydrogen) atoms. The largest absolute Gasteiger partial charge is 0.343 e. The summed E-state index contributed by atoms with van der Waals surface area (Å²) in [6.07, 6.45) is 8.76. The van der Waals surface area contributed by atoms with Gasteiger partial charge in [-0.25, -0.2) is 0 Å². The lowest BCUT2D eigenvalue weighted by Crippen LogP contribution is -2.30. The summed E-state index contributed by atoms with van der Waals surface area (Å²) in [5.74, 6) is 1.18. The van der Waals surface area contributed by atoms with Crippen molar-refractivity contribution in [3.8, 4) is 0 Å². The van der Waals surface area contributed by atoms with E-state index in [0.29, 0.717) is 5.91 Å². The fraction of sp³-hybridized carbons (Fsp3) is 0.923. The highest BCUT2D eigenvalue weighted by atomic mass is 16.2. The van der Waals surface area contributed by atoms with Gasteiger partial charge in [0.25, 0.3) is 0 Å². The van der Waals surface area contributed by atoms with Crippen LogP contribution in [0, 0.1) is 5.92 Å². The number of carbonyl (C=O) groups is 1. The van der Waals surface area contributed by atoms with Crippen molar-refractivity contribution >= 4 is 5.91 Å². The number of amides is 1. The van der Waals surface area contributed by atoms with Gasteiger partial charge in [-0.15, -0.1) is 0 Å². The maximum Gasteiger partial charge on any atom is 0.222 e. The zero-order valence-electron chi connectivity index (χ0n) is 10.3. The molecule has 1 saturated carbocycles. The number of rotatable bonds is 5. The van der Waals surface area contributed by atoms with E-state index in [-0.39, 0.29) is 0 Å². The van der Waals surface area contributed by atoms with E-state index in [1.807, 2.05) is 4.90 Å². The highest BCUT2D eigenvalue weighted by Crippen LogP contribution is 2.27. The first-order chi connectivity index (χ1) is 7.27. The van der Waals surface area contributed by atoms with E-state index in [0.717, 1.165) is 31.8 Å². The summed E-state index contributed by atoms with van der Waals surface area (Å²) < 4.78 is 0. The van der Waals surface area contributed by atoms with Crippen molar-refractivity contribution in [1.29, 1.82) is 0 Å². The van der Waals surface area contributed by atoms with Gasteiger partial charge in [-0.05, 0) is 26.2 Å². The summed E-state index contributed by atoms with van der Waals surface area (Å²) in [4.78, 5) is 13.7. The second-order valence-electron chi connectivity index (χ2n) is 4.61. The van der Waals surface area contributed by atoms with Gasteiger partial charge in [-0.3, -0.25) is 4.79 Å². The molecule has 0 unspecified atom stereocenters. The molecule has 0 heterocycles. The van der Waals surface area contributed by atoms with E-state index in [1.54, 1.807) is 0 Å². The van der Waals surface area contributed by atoms with Gasteiger partial charge in [0.15, 0.2) is 0 Å². The van der Waals surface area contributed by atoms with E-state index in [4.69, 9.17) is 0 Å². The normalized spacial score (nSPS) is 17.7. The van der Waals surface area contributed by atoms with Crippen molar-refractivity contribution < 1.29 is 4.79 Å². The molecule has 0 radical (unpaired) electrons. The maximum atomic E-state index is 11.8. The van der Waals surface area contributed by atoms with Crippen LogP contribution in [0.2, 0.25) is 0 Å². The van der Waals surface area contributed by atoms with Crippen LogP contribution in [0.25, 0.3) is 0 Å². The molecule has 1 rings (SSSR count). The summed E-state index contributed by atoms with van der Waals surface area (Å²) in [5.41, 5.74) is 0. The molecule has 1 fully saturated rings. The molecule has 0 bridgehead atoms. The Kier molecular flexibility index (Phi) is 5.74. The molecule has 2 nitrogen and oxygen atoms in total. The Morgan fingerprint density at radius 1 is 1.13 bits per heavy atom. The maximum absolute atomic E-state index is 11.8. The van der Waals surface area contributed by atoms with Crippen LogP contribution in [0.5, 0.6) is 0 Å². The van der Waals surface area contributed by atoms with E-state index < -0.39 is 0 Å². The van der Waals surface area contributed by atoms with Crippen molar-refractivity contribution in [1.82, 2.24) is 4.90 Å². The minimum atomic E-state index is 0.352. The second kappa shape index (κ2) is 6.86. The Morgan fingerprint density at radius 3 is 2.27 bits per heavy atom. The van der Waals surface area contributed by atoms with E-state index in [2.05, 4.69) is 13.8 Å². The summed E-state index contributed by atoms with van der Waals surface area (Å²) in [6, 6.07) is 0. The zero-order chi connectivity index (χ0) is 11.1. The molecule has 0 aliphatic heterocycles. The van der Waals surface area contributed by atoms with Gasteiger partial charge in [-0.1, -0.05) is 32.1 Å². The van der Waals surface area contributed by atoms with E-state index >= 15 is 0 Å². The molecule has 2 heteroatoms. The van der Waals surface area contributed by atoms with Crippen LogP contribution in [0.1, 0.15) is 58.8 Å².